The topological polar surface area (TPSA) is 141 Å². The maximum atomic E-state index is 12.6. The van der Waals surface area contributed by atoms with Crippen LogP contribution in [0.25, 0.3) is 55.0 Å². The van der Waals surface area contributed by atoms with Crippen molar-refractivity contribution in [2.24, 2.45) is 0 Å². The zero-order valence-corrected chi connectivity index (χ0v) is 43.0. The van der Waals surface area contributed by atoms with Crippen molar-refractivity contribution in [3.8, 4) is 11.1 Å². The second-order valence-corrected chi connectivity index (χ2v) is 21.2. The van der Waals surface area contributed by atoms with E-state index in [9.17, 15) is 25.9 Å². The summed E-state index contributed by atoms with van der Waals surface area (Å²) in [6, 6.07) is 56.6. The second-order valence-electron chi connectivity index (χ2n) is 14.1. The van der Waals surface area contributed by atoms with Gasteiger partial charge in [-0.25, -0.2) is 16.8 Å². The first kappa shape index (κ1) is 45.9. The van der Waals surface area contributed by atoms with Crippen LogP contribution in [0, 0.1) is 0 Å². The van der Waals surface area contributed by atoms with Crippen LogP contribution in [0.2, 0.25) is 0 Å². The summed E-state index contributed by atoms with van der Waals surface area (Å²) in [5.41, 5.74) is 3.04. The third-order valence-corrected chi connectivity index (χ3v) is 17.2. The molecular weight excluding hydrogens is 909 g/mol. The fourth-order valence-electron chi connectivity index (χ4n) is 8.03. The molecule has 0 saturated heterocycles. The van der Waals surface area contributed by atoms with E-state index >= 15 is 0 Å². The first-order valence-corrected chi connectivity index (χ1v) is 24.3. The van der Waals surface area contributed by atoms with Gasteiger partial charge in [-0.15, -0.1) is 0 Å². The van der Waals surface area contributed by atoms with Crippen LogP contribution in [0.1, 0.15) is 0 Å². The van der Waals surface area contributed by atoms with E-state index < -0.39 is 45.9 Å². The fourth-order valence-corrected chi connectivity index (χ4v) is 14.0. The van der Waals surface area contributed by atoms with Gasteiger partial charge >= 0.3 is 103 Å². The molecule has 8 aromatic carbocycles. The van der Waals surface area contributed by atoms with E-state index in [0.717, 1.165) is 31.8 Å². The van der Waals surface area contributed by atoms with Crippen LogP contribution in [0.4, 0.5) is 0 Å². The van der Waals surface area contributed by atoms with Gasteiger partial charge in [0.1, 0.15) is 42.6 Å². The van der Waals surface area contributed by atoms with Gasteiger partial charge in [-0.1, -0.05) is 121 Å². The Morgan fingerprint density at radius 2 is 0.661 bits per heavy atom. The first-order valence-electron chi connectivity index (χ1n) is 18.8. The molecule has 294 valence electrons. The minimum Gasteiger partial charge on any atom is -0.744 e. The van der Waals surface area contributed by atoms with Crippen LogP contribution in [0.15, 0.2) is 201 Å². The minimum atomic E-state index is -4.88. The van der Waals surface area contributed by atoms with Crippen molar-refractivity contribution < 1.29 is 138 Å². The van der Waals surface area contributed by atoms with Crippen LogP contribution >= 0.6 is 15.8 Å². The van der Waals surface area contributed by atoms with Crippen molar-refractivity contribution in [2.75, 3.05) is 0 Å². The molecule has 2 heterocycles. The summed E-state index contributed by atoms with van der Waals surface area (Å²) in [7, 11) is -12.5. The maximum absolute atomic E-state index is 12.6. The Kier molecular flexibility index (Phi) is 13.8. The van der Waals surface area contributed by atoms with Crippen LogP contribution in [0.5, 0.6) is 0 Å². The third kappa shape index (κ3) is 8.61. The number of fused-ring (bicyclic) bond motifs is 6. The van der Waals surface area contributed by atoms with Gasteiger partial charge in [-0.3, -0.25) is 0 Å². The van der Waals surface area contributed by atoms with E-state index in [1.165, 1.54) is 36.4 Å². The summed E-state index contributed by atoms with van der Waals surface area (Å²) in [5, 5.41) is 7.89. The molecule has 0 radical (unpaired) electrons. The molecule has 10 aromatic rings. The smallest absolute Gasteiger partial charge is 0.744 e. The van der Waals surface area contributed by atoms with Crippen molar-refractivity contribution >= 4 is 112 Å². The van der Waals surface area contributed by atoms with Gasteiger partial charge in [0.05, 0.1) is 9.79 Å². The Hall–Kier alpha value is -2.69. The summed E-state index contributed by atoms with van der Waals surface area (Å²) in [5.74, 6) is 0. The number of furan rings is 2. The Bertz CT molecular complexity index is 3180. The summed E-state index contributed by atoms with van der Waals surface area (Å²) in [4.78, 5) is -0.813. The van der Waals surface area contributed by atoms with Crippen LogP contribution in [0.3, 0.4) is 0 Å². The molecule has 0 fully saturated rings. The van der Waals surface area contributed by atoms with Gasteiger partial charge in [0.15, 0.2) is 0 Å². The van der Waals surface area contributed by atoms with E-state index in [-0.39, 0.29) is 103 Å². The summed E-state index contributed by atoms with van der Waals surface area (Å²) >= 11 is 0. The summed E-state index contributed by atoms with van der Waals surface area (Å²) in [6.07, 6.45) is 0. The minimum absolute atomic E-state index is 0. The van der Waals surface area contributed by atoms with Gasteiger partial charge in [0, 0.05) is 32.7 Å². The van der Waals surface area contributed by atoms with Crippen LogP contribution in [-0.2, 0) is 20.2 Å². The quantitative estimate of drug-likeness (QED) is 0.122. The SMILES string of the molecule is O=S(=O)([O-])c1ccc2oc3ccc(P(c4ccccc4)c4ccccc4)c(-c4c(P(c5ccccc5)c5ccccc5)ccc5oc6ccc(S(=O)(=O)[O-])cc6c45)c3c2c1.[K+].[K+]. The van der Waals surface area contributed by atoms with E-state index in [1.807, 2.05) is 97.1 Å². The molecular formula is C48H30K2O8P2S2. The molecule has 0 atom stereocenters. The molecule has 8 nitrogen and oxygen atoms in total. The molecule has 0 aliphatic heterocycles. The van der Waals surface area contributed by atoms with Gasteiger partial charge in [0.2, 0.25) is 0 Å². The van der Waals surface area contributed by atoms with Crippen molar-refractivity contribution in [1.29, 1.82) is 0 Å². The molecule has 0 N–H and O–H groups in total. The Morgan fingerprint density at radius 1 is 0.371 bits per heavy atom. The standard InChI is InChI=1S/C48H32O8P2S2.2K/c49-59(50,51)35-21-23-39-37(29-35)45-41(55-39)25-27-43(57(31-13-5-1-6-14-31)32-15-7-2-8-16-32)47(45)48-44(58(33-17-9-3-10-18-33)34-19-11-4-12-20-34)28-26-42-46(48)38-30-36(60(52,53)54)22-24-40(38)56-42;;/h1-30H,(H,49,50,51)(H,52,53,54);;/q;2*+1/p-2. The molecule has 0 aliphatic rings. The number of benzene rings is 8. The number of rotatable bonds is 9. The monoisotopic (exact) mass is 938 g/mol. The normalized spacial score (nSPS) is 12.0. The van der Waals surface area contributed by atoms with E-state index in [2.05, 4.69) is 48.5 Å². The van der Waals surface area contributed by atoms with Crippen molar-refractivity contribution in [1.82, 2.24) is 0 Å². The fraction of sp³-hybridized carbons (Fsp3) is 0. The van der Waals surface area contributed by atoms with Crippen LogP contribution in [-0.4, -0.2) is 25.9 Å². The predicted molar refractivity (Wildman–Crippen MR) is 240 cm³/mol. The van der Waals surface area contributed by atoms with E-state index in [4.69, 9.17) is 8.83 Å². The molecule has 0 amide bonds. The van der Waals surface area contributed by atoms with E-state index in [1.54, 1.807) is 0 Å². The Labute approximate surface area is 445 Å². The van der Waals surface area contributed by atoms with Crippen molar-refractivity contribution in [3.63, 3.8) is 0 Å². The van der Waals surface area contributed by atoms with Crippen LogP contribution < -0.4 is 135 Å². The average Bonchev–Trinajstić information content (AvgIpc) is 3.83. The predicted octanol–water partition coefficient (Wildman–Crippen LogP) is 2.49. The largest absolute Gasteiger partial charge is 1.00 e. The molecule has 0 aliphatic carbocycles. The molecule has 2 aromatic heterocycles. The summed E-state index contributed by atoms with van der Waals surface area (Å²) in [6.45, 7) is 0. The van der Waals surface area contributed by atoms with Gasteiger partial charge in [-0.05, 0) is 108 Å². The molecule has 14 heteroatoms. The molecule has 0 unspecified atom stereocenters. The maximum Gasteiger partial charge on any atom is 1.00 e. The van der Waals surface area contributed by atoms with Crippen molar-refractivity contribution in [2.45, 2.75) is 9.79 Å². The van der Waals surface area contributed by atoms with Gasteiger partial charge < -0.3 is 17.9 Å². The van der Waals surface area contributed by atoms with Gasteiger partial charge in [-0.2, -0.15) is 0 Å². The van der Waals surface area contributed by atoms with Crippen molar-refractivity contribution in [3.05, 3.63) is 182 Å². The Morgan fingerprint density at radius 3 is 0.952 bits per heavy atom. The molecule has 62 heavy (non-hydrogen) atoms. The van der Waals surface area contributed by atoms with E-state index in [0.29, 0.717) is 55.0 Å². The summed E-state index contributed by atoms with van der Waals surface area (Å²) < 4.78 is 88.8. The third-order valence-electron chi connectivity index (χ3n) is 10.5. The number of hydrogen-bond acceptors (Lipinski definition) is 8. The molecule has 0 spiro atoms. The number of hydrogen-bond donors (Lipinski definition) is 0. The molecule has 0 bridgehead atoms. The Balaban J connectivity index is 0.00000264. The zero-order valence-electron chi connectivity index (χ0n) is 33.3. The molecule has 10 rings (SSSR count). The second kappa shape index (κ2) is 18.7. The average molecular weight is 939 g/mol. The zero-order chi connectivity index (χ0) is 41.2. The molecule has 0 saturated carbocycles. The van der Waals surface area contributed by atoms with Gasteiger partial charge in [0.25, 0.3) is 0 Å². The first-order chi connectivity index (χ1) is 29.0.